The van der Waals surface area contributed by atoms with Gasteiger partial charge < -0.3 is 14.6 Å². The molecule has 0 bridgehead atoms. The number of aryl methyl sites for hydroxylation is 1. The van der Waals surface area contributed by atoms with E-state index < -0.39 is 0 Å². The molecule has 2 aliphatic rings. The normalized spacial score (nSPS) is 25.1. The van der Waals surface area contributed by atoms with E-state index in [4.69, 9.17) is 0 Å². The molecule has 0 radical (unpaired) electrons. The van der Waals surface area contributed by atoms with Crippen molar-refractivity contribution >= 4 is 0 Å². The van der Waals surface area contributed by atoms with E-state index in [1.807, 2.05) is 6.20 Å². The number of aromatic nitrogens is 2. The van der Waals surface area contributed by atoms with Crippen molar-refractivity contribution in [3.63, 3.8) is 0 Å². The number of nitrogens with zero attached hydrogens (tertiary/aromatic N) is 3. The summed E-state index contributed by atoms with van der Waals surface area (Å²) in [6.07, 6.45) is 7.34. The Labute approximate surface area is 121 Å². The zero-order valence-electron chi connectivity index (χ0n) is 12.8. The summed E-state index contributed by atoms with van der Waals surface area (Å²) in [4.78, 5) is 7.19. The lowest BCUT2D eigenvalue weighted by Gasteiger charge is -2.34. The molecule has 0 aromatic carbocycles. The Bertz CT molecular complexity index is 447. The van der Waals surface area contributed by atoms with Crippen LogP contribution in [-0.2, 0) is 19.4 Å². The maximum absolute atomic E-state index is 9.85. The van der Waals surface area contributed by atoms with Crippen LogP contribution in [0.2, 0.25) is 0 Å². The summed E-state index contributed by atoms with van der Waals surface area (Å²) in [6.45, 7) is 7.76. The second kappa shape index (κ2) is 5.86. The summed E-state index contributed by atoms with van der Waals surface area (Å²) in [5, 5.41) is 9.85. The molecule has 2 aliphatic heterocycles. The molecule has 112 valence electrons. The molecule has 0 amide bonds. The number of hydrogen-bond donors (Lipinski definition) is 1. The number of hydrogen-bond acceptors (Lipinski definition) is 3. The predicted octanol–water partition coefficient (Wildman–Crippen LogP) is 1.85. The standard InChI is InChI=1S/C16H27N3O/c1-12(2)18-7-5-13(6-8-18)9-16-17-10-14-3-4-15(20)11-19(14)16/h10,12-13,15,20H,3-9,11H2,1-2H3. The quantitative estimate of drug-likeness (QED) is 0.917. The van der Waals surface area contributed by atoms with Gasteiger partial charge in [-0.3, -0.25) is 0 Å². The van der Waals surface area contributed by atoms with Gasteiger partial charge in [0.05, 0.1) is 12.6 Å². The van der Waals surface area contributed by atoms with Gasteiger partial charge in [0.15, 0.2) is 0 Å². The van der Waals surface area contributed by atoms with Crippen LogP contribution in [-0.4, -0.2) is 44.8 Å². The van der Waals surface area contributed by atoms with E-state index in [-0.39, 0.29) is 6.10 Å². The van der Waals surface area contributed by atoms with Crippen molar-refractivity contribution in [1.82, 2.24) is 14.5 Å². The fourth-order valence-corrected chi connectivity index (χ4v) is 3.59. The summed E-state index contributed by atoms with van der Waals surface area (Å²) in [6, 6.07) is 0.672. The van der Waals surface area contributed by atoms with E-state index in [0.717, 1.165) is 31.7 Å². The van der Waals surface area contributed by atoms with Crippen molar-refractivity contribution in [2.45, 2.75) is 64.6 Å². The van der Waals surface area contributed by atoms with Crippen LogP contribution in [0.1, 0.15) is 44.6 Å². The highest BCUT2D eigenvalue weighted by Crippen LogP contribution is 2.24. The van der Waals surface area contributed by atoms with E-state index >= 15 is 0 Å². The maximum atomic E-state index is 9.85. The first-order valence-electron chi connectivity index (χ1n) is 8.09. The van der Waals surface area contributed by atoms with E-state index in [2.05, 4.69) is 28.3 Å². The molecule has 1 aromatic heterocycles. The highest BCUT2D eigenvalue weighted by atomic mass is 16.3. The number of piperidine rings is 1. The lowest BCUT2D eigenvalue weighted by atomic mass is 9.92. The summed E-state index contributed by atoms with van der Waals surface area (Å²) in [7, 11) is 0. The molecule has 0 aliphatic carbocycles. The Morgan fingerprint density at radius 3 is 2.75 bits per heavy atom. The van der Waals surface area contributed by atoms with Gasteiger partial charge in [-0.05, 0) is 58.5 Å². The Balaban J connectivity index is 1.61. The van der Waals surface area contributed by atoms with Crippen LogP contribution < -0.4 is 0 Å². The summed E-state index contributed by atoms with van der Waals surface area (Å²) in [5.41, 5.74) is 1.31. The van der Waals surface area contributed by atoms with Crippen LogP contribution in [0.4, 0.5) is 0 Å². The first-order valence-corrected chi connectivity index (χ1v) is 8.09. The van der Waals surface area contributed by atoms with Gasteiger partial charge in [-0.25, -0.2) is 4.98 Å². The second-order valence-corrected chi connectivity index (χ2v) is 6.75. The van der Waals surface area contributed by atoms with Crippen molar-refractivity contribution in [1.29, 1.82) is 0 Å². The number of rotatable bonds is 3. The second-order valence-electron chi connectivity index (χ2n) is 6.75. The topological polar surface area (TPSA) is 41.3 Å². The van der Waals surface area contributed by atoms with Crippen LogP contribution in [0.3, 0.4) is 0 Å². The lowest BCUT2D eigenvalue weighted by Crippen LogP contribution is -2.39. The predicted molar refractivity (Wildman–Crippen MR) is 79.7 cm³/mol. The molecule has 20 heavy (non-hydrogen) atoms. The van der Waals surface area contributed by atoms with Gasteiger partial charge in [-0.15, -0.1) is 0 Å². The molecule has 3 heterocycles. The highest BCUT2D eigenvalue weighted by Gasteiger charge is 2.25. The molecule has 1 atom stereocenters. The lowest BCUT2D eigenvalue weighted by molar-refractivity contribution is 0.127. The Morgan fingerprint density at radius 2 is 2.05 bits per heavy atom. The van der Waals surface area contributed by atoms with E-state index in [0.29, 0.717) is 6.04 Å². The Kier molecular flexibility index (Phi) is 4.13. The van der Waals surface area contributed by atoms with Crippen molar-refractivity contribution in [3.8, 4) is 0 Å². The largest absolute Gasteiger partial charge is 0.391 e. The van der Waals surface area contributed by atoms with Crippen molar-refractivity contribution in [3.05, 3.63) is 17.7 Å². The van der Waals surface area contributed by atoms with E-state index in [1.165, 1.54) is 37.4 Å². The molecule has 4 nitrogen and oxygen atoms in total. The average Bonchev–Trinajstić information content (AvgIpc) is 2.82. The van der Waals surface area contributed by atoms with Crippen molar-refractivity contribution in [2.75, 3.05) is 13.1 Å². The minimum atomic E-state index is -0.182. The molecule has 0 spiro atoms. The number of aliphatic hydroxyl groups is 1. The van der Waals surface area contributed by atoms with Gasteiger partial charge in [-0.1, -0.05) is 0 Å². The minimum Gasteiger partial charge on any atom is -0.391 e. The zero-order valence-corrected chi connectivity index (χ0v) is 12.8. The molecule has 1 unspecified atom stereocenters. The van der Waals surface area contributed by atoms with Gasteiger partial charge in [0.1, 0.15) is 5.82 Å². The number of likely N-dealkylation sites (tertiary alicyclic amines) is 1. The molecule has 1 N–H and O–H groups in total. The molecule has 4 heteroatoms. The van der Waals surface area contributed by atoms with Gasteiger partial charge in [0, 0.05) is 24.4 Å². The fourth-order valence-electron chi connectivity index (χ4n) is 3.59. The monoisotopic (exact) mass is 277 g/mol. The summed E-state index contributed by atoms with van der Waals surface area (Å²) >= 11 is 0. The number of aliphatic hydroxyl groups excluding tert-OH is 1. The third-order valence-electron chi connectivity index (χ3n) is 5.00. The smallest absolute Gasteiger partial charge is 0.109 e. The third-order valence-corrected chi connectivity index (χ3v) is 5.00. The molecule has 1 aromatic rings. The third kappa shape index (κ3) is 2.91. The minimum absolute atomic E-state index is 0.182. The van der Waals surface area contributed by atoms with Crippen LogP contribution >= 0.6 is 0 Å². The molecule has 0 saturated carbocycles. The van der Waals surface area contributed by atoms with Crippen LogP contribution in [0.15, 0.2) is 6.20 Å². The van der Waals surface area contributed by atoms with Crippen LogP contribution in [0.25, 0.3) is 0 Å². The van der Waals surface area contributed by atoms with Gasteiger partial charge >= 0.3 is 0 Å². The molecule has 3 rings (SSSR count). The van der Waals surface area contributed by atoms with E-state index in [1.54, 1.807) is 0 Å². The van der Waals surface area contributed by atoms with Crippen molar-refractivity contribution < 1.29 is 5.11 Å². The molecular weight excluding hydrogens is 250 g/mol. The SMILES string of the molecule is CC(C)N1CCC(Cc2ncc3n2CC(O)CC3)CC1. The molecular formula is C16H27N3O. The Hall–Kier alpha value is -0.870. The average molecular weight is 277 g/mol. The maximum Gasteiger partial charge on any atom is 0.109 e. The van der Waals surface area contributed by atoms with E-state index in [9.17, 15) is 5.11 Å². The zero-order chi connectivity index (χ0) is 14.1. The van der Waals surface area contributed by atoms with Crippen LogP contribution in [0.5, 0.6) is 0 Å². The summed E-state index contributed by atoms with van der Waals surface area (Å²) in [5.74, 6) is 1.96. The van der Waals surface area contributed by atoms with Gasteiger partial charge in [-0.2, -0.15) is 0 Å². The fraction of sp³-hybridized carbons (Fsp3) is 0.812. The number of imidazole rings is 1. The molecule has 1 fully saturated rings. The highest BCUT2D eigenvalue weighted by molar-refractivity contribution is 5.09. The Morgan fingerprint density at radius 1 is 1.30 bits per heavy atom. The summed E-state index contributed by atoms with van der Waals surface area (Å²) < 4.78 is 2.27. The first kappa shape index (κ1) is 14.1. The van der Waals surface area contributed by atoms with Gasteiger partial charge in [0.2, 0.25) is 0 Å². The van der Waals surface area contributed by atoms with Gasteiger partial charge in [0.25, 0.3) is 0 Å². The number of fused-ring (bicyclic) bond motifs is 1. The molecule has 1 saturated heterocycles. The first-order chi connectivity index (χ1) is 9.63. The van der Waals surface area contributed by atoms with Crippen LogP contribution in [0, 0.1) is 5.92 Å². The van der Waals surface area contributed by atoms with Crippen molar-refractivity contribution in [2.24, 2.45) is 5.92 Å².